The first-order chi connectivity index (χ1) is 14.2. The van der Waals surface area contributed by atoms with Gasteiger partial charge in [0.25, 0.3) is 5.91 Å². The van der Waals surface area contributed by atoms with Crippen molar-refractivity contribution in [2.24, 2.45) is 0 Å². The highest BCUT2D eigenvalue weighted by Gasteiger charge is 2.35. The van der Waals surface area contributed by atoms with Crippen molar-refractivity contribution in [1.29, 1.82) is 0 Å². The monoisotopic (exact) mass is 456 g/mol. The normalized spacial score (nSPS) is 11.2. The maximum absolute atomic E-state index is 13.1. The van der Waals surface area contributed by atoms with Crippen molar-refractivity contribution >= 4 is 45.7 Å². The van der Waals surface area contributed by atoms with Crippen LogP contribution in [0.2, 0.25) is 0 Å². The molecule has 0 spiro atoms. The van der Waals surface area contributed by atoms with Gasteiger partial charge in [0.05, 0.1) is 16.9 Å². The Bertz CT molecular complexity index is 1070. The fraction of sp³-hybridized carbons (Fsp3) is 0.111. The van der Waals surface area contributed by atoms with Crippen molar-refractivity contribution in [3.63, 3.8) is 0 Å². The number of rotatable bonds is 6. The molecule has 0 saturated heterocycles. The number of aromatic nitrogens is 2. The van der Waals surface area contributed by atoms with E-state index >= 15 is 0 Å². The molecular weight excluding hydrogens is 444 g/mol. The van der Waals surface area contributed by atoms with Crippen molar-refractivity contribution in [1.82, 2.24) is 10.2 Å². The maximum atomic E-state index is 13.1. The summed E-state index contributed by atoms with van der Waals surface area (Å²) in [5.74, 6) is -1.93. The van der Waals surface area contributed by atoms with Crippen LogP contribution in [0.5, 0.6) is 0 Å². The second-order valence-corrected chi connectivity index (χ2v) is 7.92. The molecular formula is C18H12F4N4O2S2. The van der Waals surface area contributed by atoms with Gasteiger partial charge in [0, 0.05) is 5.69 Å². The smallest absolute Gasteiger partial charge is 0.325 e. The van der Waals surface area contributed by atoms with E-state index < -0.39 is 34.9 Å². The molecule has 0 bridgehead atoms. The summed E-state index contributed by atoms with van der Waals surface area (Å²) in [6.07, 6.45) is -4.68. The standard InChI is InChI=1S/C18H12F4N4O2S2/c19-10-4-3-5-11(8-10)23-14(27)9-29-17-26-25-16(30-17)24-15(28)12-6-1-2-7-13(12)18(20,21)22/h1-8H,9H2,(H,23,27)(H,24,25,28). The van der Waals surface area contributed by atoms with Gasteiger partial charge in [-0.1, -0.05) is 41.3 Å². The van der Waals surface area contributed by atoms with Gasteiger partial charge in [-0.3, -0.25) is 14.9 Å². The minimum atomic E-state index is -4.68. The van der Waals surface area contributed by atoms with Crippen molar-refractivity contribution in [3.8, 4) is 0 Å². The molecule has 3 rings (SSSR count). The molecule has 156 valence electrons. The van der Waals surface area contributed by atoms with E-state index in [4.69, 9.17) is 0 Å². The van der Waals surface area contributed by atoms with Gasteiger partial charge < -0.3 is 5.32 Å². The highest BCUT2D eigenvalue weighted by Crippen LogP contribution is 2.32. The Morgan fingerprint density at radius 1 is 1.03 bits per heavy atom. The van der Waals surface area contributed by atoms with Crippen LogP contribution in [0.1, 0.15) is 15.9 Å². The number of nitrogens with zero attached hydrogens (tertiary/aromatic N) is 2. The summed E-state index contributed by atoms with van der Waals surface area (Å²) in [5.41, 5.74) is -1.30. The number of hydrogen-bond acceptors (Lipinski definition) is 6. The zero-order valence-electron chi connectivity index (χ0n) is 14.9. The predicted molar refractivity (Wildman–Crippen MR) is 105 cm³/mol. The van der Waals surface area contributed by atoms with Gasteiger partial charge >= 0.3 is 6.18 Å². The lowest BCUT2D eigenvalue weighted by Crippen LogP contribution is -2.18. The largest absolute Gasteiger partial charge is 0.417 e. The minimum absolute atomic E-state index is 0.00924. The number of thioether (sulfide) groups is 1. The topological polar surface area (TPSA) is 84.0 Å². The van der Waals surface area contributed by atoms with Crippen LogP contribution < -0.4 is 10.6 Å². The number of hydrogen-bond donors (Lipinski definition) is 2. The fourth-order valence-corrected chi connectivity index (χ4v) is 3.85. The summed E-state index contributed by atoms with van der Waals surface area (Å²) >= 11 is 1.92. The van der Waals surface area contributed by atoms with E-state index in [0.717, 1.165) is 35.2 Å². The van der Waals surface area contributed by atoms with Gasteiger partial charge in [0.1, 0.15) is 5.82 Å². The second kappa shape index (κ2) is 9.22. The molecule has 1 heterocycles. The molecule has 3 aromatic rings. The Kier molecular flexibility index (Phi) is 6.67. The summed E-state index contributed by atoms with van der Waals surface area (Å²) in [6.45, 7) is 0. The molecule has 1 aromatic heterocycles. The summed E-state index contributed by atoms with van der Waals surface area (Å²) < 4.78 is 52.6. The molecule has 0 aliphatic carbocycles. The summed E-state index contributed by atoms with van der Waals surface area (Å²) in [5, 5.41) is 12.3. The first kappa shape index (κ1) is 21.7. The SMILES string of the molecule is O=C(CSc1nnc(NC(=O)c2ccccc2C(F)(F)F)s1)Nc1cccc(F)c1. The van der Waals surface area contributed by atoms with E-state index in [9.17, 15) is 27.2 Å². The number of amides is 2. The second-order valence-electron chi connectivity index (χ2n) is 5.72. The molecule has 0 unspecified atom stereocenters. The highest BCUT2D eigenvalue weighted by atomic mass is 32.2. The summed E-state index contributed by atoms with van der Waals surface area (Å²) in [4.78, 5) is 24.1. The van der Waals surface area contributed by atoms with Crippen LogP contribution in [0.25, 0.3) is 0 Å². The summed E-state index contributed by atoms with van der Waals surface area (Å²) in [6, 6.07) is 9.78. The van der Waals surface area contributed by atoms with Crippen LogP contribution in [0.15, 0.2) is 52.9 Å². The van der Waals surface area contributed by atoms with Gasteiger partial charge in [0.2, 0.25) is 11.0 Å². The molecule has 2 N–H and O–H groups in total. The molecule has 0 saturated carbocycles. The molecule has 6 nitrogen and oxygen atoms in total. The Morgan fingerprint density at radius 3 is 2.53 bits per heavy atom. The third-order valence-electron chi connectivity index (χ3n) is 3.54. The van der Waals surface area contributed by atoms with Crippen molar-refractivity contribution in [2.75, 3.05) is 16.4 Å². The van der Waals surface area contributed by atoms with Crippen LogP contribution in [-0.4, -0.2) is 27.8 Å². The fourth-order valence-electron chi connectivity index (χ4n) is 2.30. The van der Waals surface area contributed by atoms with E-state index in [1.54, 1.807) is 0 Å². The van der Waals surface area contributed by atoms with Gasteiger partial charge in [-0.15, -0.1) is 10.2 Å². The third kappa shape index (κ3) is 5.76. The molecule has 2 aromatic carbocycles. The van der Waals surface area contributed by atoms with Gasteiger partial charge in [-0.05, 0) is 30.3 Å². The van der Waals surface area contributed by atoms with E-state index in [0.29, 0.717) is 10.0 Å². The lowest BCUT2D eigenvalue weighted by atomic mass is 10.1. The number of nitrogens with one attached hydrogen (secondary N) is 2. The Balaban J connectivity index is 1.58. The number of halogens is 4. The van der Waals surface area contributed by atoms with Gasteiger partial charge in [0.15, 0.2) is 4.34 Å². The van der Waals surface area contributed by atoms with E-state index in [-0.39, 0.29) is 10.9 Å². The molecule has 0 radical (unpaired) electrons. The first-order valence-corrected chi connectivity index (χ1v) is 10.0. The Hall–Kier alpha value is -2.99. The van der Waals surface area contributed by atoms with Crippen molar-refractivity contribution in [2.45, 2.75) is 10.5 Å². The maximum Gasteiger partial charge on any atom is 0.417 e. The van der Waals surface area contributed by atoms with Crippen LogP contribution in [0.4, 0.5) is 28.4 Å². The lowest BCUT2D eigenvalue weighted by Gasteiger charge is -2.11. The van der Waals surface area contributed by atoms with Gasteiger partial charge in [-0.25, -0.2) is 4.39 Å². The molecule has 0 aliphatic rings. The quantitative estimate of drug-likeness (QED) is 0.320. The Labute approximate surface area is 175 Å². The molecule has 12 heteroatoms. The average molecular weight is 456 g/mol. The van der Waals surface area contributed by atoms with E-state index in [2.05, 4.69) is 20.8 Å². The van der Waals surface area contributed by atoms with E-state index in [1.165, 1.54) is 36.4 Å². The van der Waals surface area contributed by atoms with Crippen molar-refractivity contribution < 1.29 is 27.2 Å². The minimum Gasteiger partial charge on any atom is -0.325 e. The van der Waals surface area contributed by atoms with Crippen LogP contribution in [0, 0.1) is 5.82 Å². The zero-order valence-corrected chi connectivity index (χ0v) is 16.5. The number of anilines is 2. The third-order valence-corrected chi connectivity index (χ3v) is 5.51. The predicted octanol–water partition coefficient (Wildman–Crippen LogP) is 4.68. The molecule has 0 fully saturated rings. The Morgan fingerprint density at radius 2 is 1.80 bits per heavy atom. The highest BCUT2D eigenvalue weighted by molar-refractivity contribution is 8.01. The number of carbonyl (C=O) groups is 2. The molecule has 0 atom stereocenters. The zero-order chi connectivity index (χ0) is 21.7. The lowest BCUT2D eigenvalue weighted by molar-refractivity contribution is -0.137. The van der Waals surface area contributed by atoms with Gasteiger partial charge in [-0.2, -0.15) is 13.2 Å². The van der Waals surface area contributed by atoms with Crippen LogP contribution in [0.3, 0.4) is 0 Å². The van der Waals surface area contributed by atoms with Crippen LogP contribution in [-0.2, 0) is 11.0 Å². The summed E-state index contributed by atoms with van der Waals surface area (Å²) in [7, 11) is 0. The average Bonchev–Trinajstić information content (AvgIpc) is 3.13. The van der Waals surface area contributed by atoms with E-state index in [1.807, 2.05) is 0 Å². The molecule has 0 aliphatic heterocycles. The van der Waals surface area contributed by atoms with Crippen LogP contribution >= 0.6 is 23.1 Å². The molecule has 30 heavy (non-hydrogen) atoms. The number of carbonyl (C=O) groups excluding carboxylic acids is 2. The number of benzene rings is 2. The van der Waals surface area contributed by atoms with Crippen molar-refractivity contribution in [3.05, 3.63) is 65.5 Å². The molecule has 2 amide bonds. The first-order valence-electron chi connectivity index (χ1n) is 8.21. The number of alkyl halides is 3.